The number of carbonyl (C=O) groups is 1. The van der Waals surface area contributed by atoms with Gasteiger partial charge in [0.15, 0.2) is 0 Å². The van der Waals surface area contributed by atoms with E-state index in [-0.39, 0.29) is 5.91 Å². The molecule has 0 fully saturated rings. The zero-order chi connectivity index (χ0) is 15.2. The molecule has 0 aliphatic heterocycles. The minimum absolute atomic E-state index is 0.106. The predicted octanol–water partition coefficient (Wildman–Crippen LogP) is 2.63. The summed E-state index contributed by atoms with van der Waals surface area (Å²) in [6.07, 6.45) is 2.15. The molecule has 0 atom stereocenters. The minimum Gasteiger partial charge on any atom is -0.356 e. The minimum atomic E-state index is 0.106. The Morgan fingerprint density at radius 2 is 1.86 bits per heavy atom. The number of rotatable bonds is 6. The zero-order valence-corrected chi connectivity index (χ0v) is 13.0. The molecule has 0 saturated heterocycles. The summed E-state index contributed by atoms with van der Waals surface area (Å²) in [5.74, 6) is 0.106. The van der Waals surface area contributed by atoms with Gasteiger partial charge in [-0.1, -0.05) is 29.8 Å². The molecule has 4 nitrogen and oxygen atoms in total. The standard InChI is InChI=1S/C17H23N3O/c1-12-4-6-15(7-5-12)8-9-17(21)18-11-10-16-13(2)19-20-14(16)3/h4-7H,8-11H2,1-3H3,(H,18,21)(H,19,20). The molecule has 4 heteroatoms. The summed E-state index contributed by atoms with van der Waals surface area (Å²) in [6, 6.07) is 8.33. The fraction of sp³-hybridized carbons (Fsp3) is 0.412. The Labute approximate surface area is 126 Å². The van der Waals surface area contributed by atoms with Gasteiger partial charge in [0.2, 0.25) is 5.91 Å². The van der Waals surface area contributed by atoms with Crippen LogP contribution >= 0.6 is 0 Å². The maximum Gasteiger partial charge on any atom is 0.220 e. The number of aromatic nitrogens is 2. The van der Waals surface area contributed by atoms with Crippen LogP contribution in [0, 0.1) is 20.8 Å². The van der Waals surface area contributed by atoms with Crippen LogP contribution in [-0.4, -0.2) is 22.6 Å². The van der Waals surface area contributed by atoms with Gasteiger partial charge in [0.25, 0.3) is 0 Å². The molecule has 1 amide bonds. The second kappa shape index (κ2) is 7.07. The number of aromatic amines is 1. The van der Waals surface area contributed by atoms with Crippen LogP contribution in [0.2, 0.25) is 0 Å². The van der Waals surface area contributed by atoms with Crippen LogP contribution in [0.25, 0.3) is 0 Å². The van der Waals surface area contributed by atoms with E-state index < -0.39 is 0 Å². The van der Waals surface area contributed by atoms with Gasteiger partial charge in [0.05, 0.1) is 5.69 Å². The normalized spacial score (nSPS) is 10.6. The smallest absolute Gasteiger partial charge is 0.220 e. The van der Waals surface area contributed by atoms with Crippen molar-refractivity contribution in [1.82, 2.24) is 15.5 Å². The molecule has 0 radical (unpaired) electrons. The van der Waals surface area contributed by atoms with Crippen LogP contribution in [0.15, 0.2) is 24.3 Å². The van der Waals surface area contributed by atoms with Crippen molar-refractivity contribution in [1.29, 1.82) is 0 Å². The van der Waals surface area contributed by atoms with Gasteiger partial charge in [-0.2, -0.15) is 5.10 Å². The zero-order valence-electron chi connectivity index (χ0n) is 13.0. The highest BCUT2D eigenvalue weighted by Crippen LogP contribution is 2.09. The molecule has 2 N–H and O–H groups in total. The second-order valence-electron chi connectivity index (χ2n) is 5.50. The number of benzene rings is 1. The van der Waals surface area contributed by atoms with Gasteiger partial charge in [0, 0.05) is 18.7 Å². The second-order valence-corrected chi connectivity index (χ2v) is 5.50. The van der Waals surface area contributed by atoms with Crippen LogP contribution < -0.4 is 5.32 Å². The highest BCUT2D eigenvalue weighted by molar-refractivity contribution is 5.76. The Balaban J connectivity index is 1.71. The van der Waals surface area contributed by atoms with Crippen molar-refractivity contribution in [2.45, 2.75) is 40.0 Å². The van der Waals surface area contributed by atoms with Gasteiger partial charge in [-0.25, -0.2) is 0 Å². The molecule has 112 valence electrons. The van der Waals surface area contributed by atoms with E-state index in [0.717, 1.165) is 24.2 Å². The van der Waals surface area contributed by atoms with Crippen LogP contribution in [-0.2, 0) is 17.6 Å². The summed E-state index contributed by atoms with van der Waals surface area (Å²) in [6.45, 7) is 6.72. The molecule has 0 saturated carbocycles. The lowest BCUT2D eigenvalue weighted by molar-refractivity contribution is -0.121. The maximum absolute atomic E-state index is 11.8. The molecule has 2 aromatic rings. The van der Waals surface area contributed by atoms with Gasteiger partial charge in [0.1, 0.15) is 0 Å². The van der Waals surface area contributed by atoms with Crippen molar-refractivity contribution in [2.24, 2.45) is 0 Å². The van der Waals surface area contributed by atoms with E-state index >= 15 is 0 Å². The largest absolute Gasteiger partial charge is 0.356 e. The Hall–Kier alpha value is -2.10. The molecule has 1 heterocycles. The first kappa shape index (κ1) is 15.3. The molecule has 0 spiro atoms. The molecular weight excluding hydrogens is 262 g/mol. The number of nitrogens with zero attached hydrogens (tertiary/aromatic N) is 1. The first-order valence-electron chi connectivity index (χ1n) is 7.39. The van der Waals surface area contributed by atoms with E-state index in [1.165, 1.54) is 16.7 Å². The highest BCUT2D eigenvalue weighted by atomic mass is 16.1. The Morgan fingerprint density at radius 3 is 2.48 bits per heavy atom. The molecule has 0 aliphatic rings. The number of hydrogen-bond acceptors (Lipinski definition) is 2. The topological polar surface area (TPSA) is 57.8 Å². The van der Waals surface area contributed by atoms with Crippen molar-refractivity contribution >= 4 is 5.91 Å². The highest BCUT2D eigenvalue weighted by Gasteiger charge is 2.07. The Bertz CT molecular complexity index is 579. The molecule has 21 heavy (non-hydrogen) atoms. The molecule has 1 aromatic heterocycles. The lowest BCUT2D eigenvalue weighted by atomic mass is 10.1. The molecule has 2 rings (SSSR count). The van der Waals surface area contributed by atoms with Crippen molar-refractivity contribution in [3.8, 4) is 0 Å². The first-order valence-corrected chi connectivity index (χ1v) is 7.39. The number of amides is 1. The van der Waals surface area contributed by atoms with Gasteiger partial charge in [-0.15, -0.1) is 0 Å². The summed E-state index contributed by atoms with van der Waals surface area (Å²) in [5.41, 5.74) is 5.75. The third-order valence-corrected chi connectivity index (χ3v) is 3.74. The lowest BCUT2D eigenvalue weighted by Gasteiger charge is -2.06. The number of carbonyl (C=O) groups excluding carboxylic acids is 1. The summed E-state index contributed by atoms with van der Waals surface area (Å²) in [7, 11) is 0. The maximum atomic E-state index is 11.8. The Kier molecular flexibility index (Phi) is 5.14. The number of nitrogens with one attached hydrogen (secondary N) is 2. The van der Waals surface area contributed by atoms with Crippen molar-refractivity contribution < 1.29 is 4.79 Å². The monoisotopic (exact) mass is 285 g/mol. The van der Waals surface area contributed by atoms with Crippen LogP contribution in [0.4, 0.5) is 0 Å². The third-order valence-electron chi connectivity index (χ3n) is 3.74. The molecule has 0 bridgehead atoms. The fourth-order valence-electron chi connectivity index (χ4n) is 2.37. The lowest BCUT2D eigenvalue weighted by Crippen LogP contribution is -2.26. The quantitative estimate of drug-likeness (QED) is 0.857. The van der Waals surface area contributed by atoms with Gasteiger partial charge < -0.3 is 5.32 Å². The van der Waals surface area contributed by atoms with Gasteiger partial charge in [-0.3, -0.25) is 9.89 Å². The molecular formula is C17H23N3O. The summed E-state index contributed by atoms with van der Waals surface area (Å²) in [5, 5.41) is 10.1. The molecule has 0 unspecified atom stereocenters. The van der Waals surface area contributed by atoms with E-state index in [1.807, 2.05) is 13.8 Å². The number of aryl methyl sites for hydroxylation is 4. The van der Waals surface area contributed by atoms with Crippen molar-refractivity contribution in [3.63, 3.8) is 0 Å². The average molecular weight is 285 g/mol. The predicted molar refractivity (Wildman–Crippen MR) is 84.3 cm³/mol. The number of H-pyrrole nitrogens is 1. The van der Waals surface area contributed by atoms with E-state index in [4.69, 9.17) is 0 Å². The van der Waals surface area contributed by atoms with Gasteiger partial charge in [-0.05, 0) is 44.7 Å². The summed E-state index contributed by atoms with van der Waals surface area (Å²) in [4.78, 5) is 11.8. The van der Waals surface area contributed by atoms with E-state index in [1.54, 1.807) is 0 Å². The fourth-order valence-corrected chi connectivity index (χ4v) is 2.37. The molecule has 1 aromatic carbocycles. The Morgan fingerprint density at radius 1 is 1.14 bits per heavy atom. The van der Waals surface area contributed by atoms with E-state index in [9.17, 15) is 4.79 Å². The van der Waals surface area contributed by atoms with E-state index in [2.05, 4.69) is 46.7 Å². The SMILES string of the molecule is Cc1ccc(CCC(=O)NCCc2c(C)n[nH]c2C)cc1. The van der Waals surface area contributed by atoms with Crippen LogP contribution in [0.3, 0.4) is 0 Å². The average Bonchev–Trinajstić information content (AvgIpc) is 2.78. The van der Waals surface area contributed by atoms with E-state index in [0.29, 0.717) is 13.0 Å². The number of hydrogen-bond donors (Lipinski definition) is 2. The summed E-state index contributed by atoms with van der Waals surface area (Å²) >= 11 is 0. The molecule has 0 aliphatic carbocycles. The van der Waals surface area contributed by atoms with Gasteiger partial charge >= 0.3 is 0 Å². The van der Waals surface area contributed by atoms with Crippen molar-refractivity contribution in [3.05, 3.63) is 52.3 Å². The van der Waals surface area contributed by atoms with Crippen LogP contribution in [0.1, 0.15) is 34.5 Å². The van der Waals surface area contributed by atoms with Crippen LogP contribution in [0.5, 0.6) is 0 Å². The van der Waals surface area contributed by atoms with Crippen molar-refractivity contribution in [2.75, 3.05) is 6.54 Å². The third kappa shape index (κ3) is 4.45. The first-order chi connectivity index (χ1) is 10.1. The summed E-state index contributed by atoms with van der Waals surface area (Å²) < 4.78 is 0.